The van der Waals surface area contributed by atoms with E-state index in [9.17, 15) is 0 Å². The Morgan fingerprint density at radius 1 is 1.41 bits per heavy atom. The van der Waals surface area contributed by atoms with Gasteiger partial charge in [-0.1, -0.05) is 13.8 Å². The number of nitrogens with zero attached hydrogens (tertiary/aromatic N) is 4. The molecule has 4 nitrogen and oxygen atoms in total. The van der Waals surface area contributed by atoms with Crippen LogP contribution in [0.15, 0.2) is 6.33 Å². The van der Waals surface area contributed by atoms with Gasteiger partial charge in [-0.2, -0.15) is 5.10 Å². The average Bonchev–Trinajstić information content (AvgIpc) is 2.62. The van der Waals surface area contributed by atoms with E-state index in [4.69, 9.17) is 11.6 Å². The van der Waals surface area contributed by atoms with E-state index < -0.39 is 0 Å². The molecule has 0 aliphatic rings. The Morgan fingerprint density at radius 3 is 2.71 bits per heavy atom. The molecule has 1 unspecified atom stereocenters. The van der Waals surface area contributed by atoms with Gasteiger partial charge in [0.25, 0.3) is 0 Å². The Hall–Kier alpha value is -0.610. The molecule has 0 radical (unpaired) electrons. The lowest BCUT2D eigenvalue weighted by atomic mass is 10.2. The zero-order chi connectivity index (χ0) is 12.8. The normalized spacial score (nSPS) is 13.6. The molecule has 1 rings (SSSR count). The third kappa shape index (κ3) is 5.50. The molecule has 0 saturated heterocycles. The molecule has 0 fully saturated rings. The summed E-state index contributed by atoms with van der Waals surface area (Å²) < 4.78 is 1.99. The zero-order valence-electron chi connectivity index (χ0n) is 11.2. The molecule has 0 spiro atoms. The second-order valence-corrected chi connectivity index (χ2v) is 5.80. The van der Waals surface area contributed by atoms with Crippen LogP contribution in [0.5, 0.6) is 0 Å². The molecule has 17 heavy (non-hydrogen) atoms. The van der Waals surface area contributed by atoms with Gasteiger partial charge in [-0.15, -0.1) is 11.6 Å². The maximum absolute atomic E-state index is 5.94. The van der Waals surface area contributed by atoms with E-state index in [1.807, 2.05) is 11.6 Å². The number of halogens is 1. The molecule has 5 heteroatoms. The molecule has 1 aromatic heterocycles. The van der Waals surface area contributed by atoms with Crippen LogP contribution >= 0.6 is 11.6 Å². The van der Waals surface area contributed by atoms with Crippen molar-refractivity contribution in [2.75, 3.05) is 13.6 Å². The first kappa shape index (κ1) is 14.5. The maximum Gasteiger partial charge on any atom is 0.141 e. The predicted octanol–water partition coefficient (Wildman–Crippen LogP) is 2.38. The van der Waals surface area contributed by atoms with E-state index in [0.717, 1.165) is 31.9 Å². The Labute approximate surface area is 109 Å². The van der Waals surface area contributed by atoms with Crippen molar-refractivity contribution < 1.29 is 0 Å². The molecule has 1 aromatic rings. The lowest BCUT2D eigenvalue weighted by Gasteiger charge is -2.17. The topological polar surface area (TPSA) is 34.0 Å². The summed E-state index contributed by atoms with van der Waals surface area (Å²) in [4.78, 5) is 6.55. The molecular weight excluding hydrogens is 236 g/mol. The van der Waals surface area contributed by atoms with Crippen molar-refractivity contribution in [1.82, 2.24) is 19.7 Å². The van der Waals surface area contributed by atoms with Gasteiger partial charge in [-0.05, 0) is 32.9 Å². The van der Waals surface area contributed by atoms with Crippen molar-refractivity contribution in [3.8, 4) is 0 Å². The summed E-state index contributed by atoms with van der Waals surface area (Å²) in [5, 5.41) is 4.49. The van der Waals surface area contributed by atoms with Gasteiger partial charge in [0.2, 0.25) is 0 Å². The first-order valence-corrected chi connectivity index (χ1v) is 6.62. The standard InChI is InChI=1S/C12H23ClN4/c1-10(2)7-17-12(14-9-15-17)8-16(4)6-5-11(3)13/h9-11H,5-8H2,1-4H3. The Balaban J connectivity index is 2.47. The fourth-order valence-corrected chi connectivity index (χ4v) is 1.73. The molecule has 0 aromatic carbocycles. The molecule has 0 N–H and O–H groups in total. The van der Waals surface area contributed by atoms with Gasteiger partial charge in [-0.3, -0.25) is 4.90 Å². The molecule has 0 bridgehead atoms. The summed E-state index contributed by atoms with van der Waals surface area (Å²) in [5.41, 5.74) is 0. The van der Waals surface area contributed by atoms with Crippen LogP contribution in [0.1, 0.15) is 33.0 Å². The summed E-state index contributed by atoms with van der Waals surface area (Å²) in [6.07, 6.45) is 2.63. The zero-order valence-corrected chi connectivity index (χ0v) is 12.0. The highest BCUT2D eigenvalue weighted by atomic mass is 35.5. The summed E-state index contributed by atoms with van der Waals surface area (Å²) in [5.74, 6) is 1.62. The van der Waals surface area contributed by atoms with Gasteiger partial charge in [0.15, 0.2) is 0 Å². The van der Waals surface area contributed by atoms with E-state index in [1.165, 1.54) is 0 Å². The van der Waals surface area contributed by atoms with Crippen LogP contribution in [0, 0.1) is 5.92 Å². The van der Waals surface area contributed by atoms with Gasteiger partial charge < -0.3 is 0 Å². The Bertz CT molecular complexity index is 322. The van der Waals surface area contributed by atoms with E-state index >= 15 is 0 Å². The molecule has 1 atom stereocenters. The summed E-state index contributed by atoms with van der Waals surface area (Å²) in [7, 11) is 2.09. The first-order valence-electron chi connectivity index (χ1n) is 6.18. The number of aromatic nitrogens is 3. The van der Waals surface area contributed by atoms with Crippen molar-refractivity contribution in [2.45, 2.75) is 45.7 Å². The second-order valence-electron chi connectivity index (χ2n) is 5.06. The number of rotatable bonds is 7. The van der Waals surface area contributed by atoms with Crippen molar-refractivity contribution in [3.05, 3.63) is 12.2 Å². The molecule has 0 saturated carbocycles. The SMILES string of the molecule is CC(C)Cn1ncnc1CN(C)CCC(C)Cl. The lowest BCUT2D eigenvalue weighted by molar-refractivity contribution is 0.302. The molecule has 0 amide bonds. The maximum atomic E-state index is 5.94. The van der Waals surface area contributed by atoms with Gasteiger partial charge in [0.05, 0.1) is 6.54 Å². The van der Waals surface area contributed by atoms with Crippen molar-refractivity contribution in [1.29, 1.82) is 0 Å². The number of alkyl halides is 1. The second kappa shape index (κ2) is 6.97. The molecule has 0 aliphatic heterocycles. The van der Waals surface area contributed by atoms with E-state index in [-0.39, 0.29) is 5.38 Å². The summed E-state index contributed by atoms with van der Waals surface area (Å²) >= 11 is 5.94. The first-order chi connectivity index (χ1) is 7.99. The number of hydrogen-bond acceptors (Lipinski definition) is 3. The van der Waals surface area contributed by atoms with Gasteiger partial charge >= 0.3 is 0 Å². The van der Waals surface area contributed by atoms with Crippen LogP contribution in [0.4, 0.5) is 0 Å². The highest BCUT2D eigenvalue weighted by molar-refractivity contribution is 6.20. The molecular formula is C12H23ClN4. The minimum absolute atomic E-state index is 0.228. The van der Waals surface area contributed by atoms with Crippen molar-refractivity contribution >= 4 is 11.6 Å². The van der Waals surface area contributed by atoms with Gasteiger partial charge in [0.1, 0.15) is 12.2 Å². The Kier molecular flexibility index (Phi) is 5.92. The summed E-state index contributed by atoms with van der Waals surface area (Å²) in [6.45, 7) is 9.13. The Morgan fingerprint density at radius 2 is 2.12 bits per heavy atom. The monoisotopic (exact) mass is 258 g/mol. The molecule has 1 heterocycles. The largest absolute Gasteiger partial charge is 0.299 e. The van der Waals surface area contributed by atoms with Crippen LogP contribution in [0.25, 0.3) is 0 Å². The van der Waals surface area contributed by atoms with Gasteiger partial charge in [-0.25, -0.2) is 9.67 Å². The van der Waals surface area contributed by atoms with Crippen molar-refractivity contribution in [3.63, 3.8) is 0 Å². The van der Waals surface area contributed by atoms with Crippen LogP contribution in [-0.4, -0.2) is 38.6 Å². The van der Waals surface area contributed by atoms with E-state index in [2.05, 4.69) is 35.9 Å². The van der Waals surface area contributed by atoms with Crippen LogP contribution in [-0.2, 0) is 13.1 Å². The average molecular weight is 259 g/mol. The van der Waals surface area contributed by atoms with Crippen LogP contribution in [0.2, 0.25) is 0 Å². The fourth-order valence-electron chi connectivity index (χ4n) is 1.63. The van der Waals surface area contributed by atoms with E-state index in [0.29, 0.717) is 5.92 Å². The van der Waals surface area contributed by atoms with Crippen LogP contribution in [0.3, 0.4) is 0 Å². The van der Waals surface area contributed by atoms with Crippen LogP contribution < -0.4 is 0 Å². The predicted molar refractivity (Wildman–Crippen MR) is 71.1 cm³/mol. The third-order valence-corrected chi connectivity index (χ3v) is 2.77. The highest BCUT2D eigenvalue weighted by Crippen LogP contribution is 2.06. The van der Waals surface area contributed by atoms with Gasteiger partial charge in [0, 0.05) is 11.9 Å². The minimum atomic E-state index is 0.228. The number of hydrogen-bond donors (Lipinski definition) is 0. The molecule has 98 valence electrons. The smallest absolute Gasteiger partial charge is 0.141 e. The molecule has 0 aliphatic carbocycles. The fraction of sp³-hybridized carbons (Fsp3) is 0.833. The minimum Gasteiger partial charge on any atom is -0.299 e. The summed E-state index contributed by atoms with van der Waals surface area (Å²) in [6, 6.07) is 0. The third-order valence-electron chi connectivity index (χ3n) is 2.55. The quantitative estimate of drug-likeness (QED) is 0.705. The lowest BCUT2D eigenvalue weighted by Crippen LogP contribution is -2.24. The highest BCUT2D eigenvalue weighted by Gasteiger charge is 2.09. The van der Waals surface area contributed by atoms with E-state index in [1.54, 1.807) is 6.33 Å². The van der Waals surface area contributed by atoms with Crippen molar-refractivity contribution in [2.24, 2.45) is 5.92 Å².